The van der Waals surface area contributed by atoms with Crippen LogP contribution in [0.25, 0.3) is 0 Å². The van der Waals surface area contributed by atoms with Gasteiger partial charge in [0.1, 0.15) is 0 Å². The SMILES string of the molecule is CN(Cc1ccn(C)n1)C(=O)C1CCN(S(=O)(=O)c2ccc(Cl)cc2)CC1. The van der Waals surface area contributed by atoms with Crippen LogP contribution in [0.5, 0.6) is 0 Å². The fourth-order valence-corrected chi connectivity index (χ4v) is 4.87. The Hall–Kier alpha value is -1.90. The molecule has 2 heterocycles. The van der Waals surface area contributed by atoms with Crippen LogP contribution in [0.1, 0.15) is 18.5 Å². The summed E-state index contributed by atoms with van der Waals surface area (Å²) >= 11 is 5.83. The lowest BCUT2D eigenvalue weighted by molar-refractivity contribution is -0.136. The van der Waals surface area contributed by atoms with Gasteiger partial charge in [-0.05, 0) is 43.2 Å². The monoisotopic (exact) mass is 410 g/mol. The molecule has 0 saturated carbocycles. The number of amides is 1. The molecule has 1 saturated heterocycles. The molecule has 7 nitrogen and oxygen atoms in total. The zero-order valence-corrected chi connectivity index (χ0v) is 16.9. The van der Waals surface area contributed by atoms with Crippen LogP contribution in [0.3, 0.4) is 0 Å². The molecule has 0 N–H and O–H groups in total. The summed E-state index contributed by atoms with van der Waals surface area (Å²) < 4.78 is 28.6. The molecule has 2 aromatic rings. The van der Waals surface area contributed by atoms with Crippen LogP contribution in [0, 0.1) is 5.92 Å². The summed E-state index contributed by atoms with van der Waals surface area (Å²) in [5.41, 5.74) is 0.830. The van der Waals surface area contributed by atoms with Crippen LogP contribution >= 0.6 is 11.6 Å². The molecule has 0 atom stereocenters. The van der Waals surface area contributed by atoms with Gasteiger partial charge < -0.3 is 4.90 Å². The van der Waals surface area contributed by atoms with Gasteiger partial charge in [-0.1, -0.05) is 11.6 Å². The van der Waals surface area contributed by atoms with Crippen molar-refractivity contribution in [1.82, 2.24) is 19.0 Å². The maximum atomic E-state index is 12.7. The number of carbonyl (C=O) groups excluding carboxylic acids is 1. The van der Waals surface area contributed by atoms with Crippen molar-refractivity contribution in [2.75, 3.05) is 20.1 Å². The van der Waals surface area contributed by atoms with E-state index in [1.807, 2.05) is 19.3 Å². The minimum atomic E-state index is -3.56. The fraction of sp³-hybridized carbons (Fsp3) is 0.444. The number of rotatable bonds is 5. The Bertz CT molecular complexity index is 903. The Morgan fingerprint density at radius 1 is 1.22 bits per heavy atom. The molecule has 1 aliphatic rings. The first-order valence-corrected chi connectivity index (χ1v) is 10.6. The minimum absolute atomic E-state index is 0.0317. The molecule has 1 fully saturated rings. The van der Waals surface area contributed by atoms with Crippen molar-refractivity contribution in [1.29, 1.82) is 0 Å². The number of piperidine rings is 1. The number of carbonyl (C=O) groups is 1. The minimum Gasteiger partial charge on any atom is -0.340 e. The van der Waals surface area contributed by atoms with Gasteiger partial charge in [0.25, 0.3) is 0 Å². The summed E-state index contributed by atoms with van der Waals surface area (Å²) in [5, 5.41) is 4.78. The molecule has 1 aromatic heterocycles. The van der Waals surface area contributed by atoms with E-state index < -0.39 is 10.0 Å². The van der Waals surface area contributed by atoms with Gasteiger partial charge in [0.15, 0.2) is 0 Å². The summed E-state index contributed by atoms with van der Waals surface area (Å²) in [5.74, 6) is -0.139. The van der Waals surface area contributed by atoms with E-state index in [1.54, 1.807) is 28.8 Å². The number of benzene rings is 1. The Morgan fingerprint density at radius 2 is 1.85 bits per heavy atom. The van der Waals surface area contributed by atoms with E-state index in [9.17, 15) is 13.2 Å². The van der Waals surface area contributed by atoms with Crippen LogP contribution in [0.4, 0.5) is 0 Å². The van der Waals surface area contributed by atoms with Gasteiger partial charge in [-0.15, -0.1) is 0 Å². The molecular formula is C18H23ClN4O3S. The molecule has 1 aliphatic heterocycles. The first-order valence-electron chi connectivity index (χ1n) is 8.76. The Labute approximate surface area is 164 Å². The predicted molar refractivity (Wildman–Crippen MR) is 103 cm³/mol. The Kier molecular flexibility index (Phi) is 5.88. The van der Waals surface area contributed by atoms with Crippen LogP contribution in [0.2, 0.25) is 5.02 Å². The smallest absolute Gasteiger partial charge is 0.243 e. The second-order valence-corrected chi connectivity index (χ2v) is 9.18. The number of nitrogens with zero attached hydrogens (tertiary/aromatic N) is 4. The molecule has 3 rings (SSSR count). The van der Waals surface area contributed by atoms with E-state index in [2.05, 4.69) is 5.10 Å². The molecule has 1 amide bonds. The van der Waals surface area contributed by atoms with Gasteiger partial charge in [-0.2, -0.15) is 9.40 Å². The van der Waals surface area contributed by atoms with Crippen molar-refractivity contribution in [3.63, 3.8) is 0 Å². The quantitative estimate of drug-likeness (QED) is 0.756. The van der Waals surface area contributed by atoms with E-state index >= 15 is 0 Å². The summed E-state index contributed by atoms with van der Waals surface area (Å²) in [6.45, 7) is 1.11. The highest BCUT2D eigenvalue weighted by Crippen LogP contribution is 2.26. The van der Waals surface area contributed by atoms with E-state index in [0.717, 1.165) is 5.69 Å². The van der Waals surface area contributed by atoms with Crippen molar-refractivity contribution in [2.24, 2.45) is 13.0 Å². The average Bonchev–Trinajstić information content (AvgIpc) is 3.06. The van der Waals surface area contributed by atoms with E-state index in [4.69, 9.17) is 11.6 Å². The molecule has 0 bridgehead atoms. The zero-order chi connectivity index (χ0) is 19.6. The van der Waals surface area contributed by atoms with Gasteiger partial charge in [-0.3, -0.25) is 9.48 Å². The van der Waals surface area contributed by atoms with Crippen molar-refractivity contribution in [3.05, 3.63) is 47.2 Å². The average molecular weight is 411 g/mol. The highest BCUT2D eigenvalue weighted by molar-refractivity contribution is 7.89. The van der Waals surface area contributed by atoms with Gasteiger partial charge in [0.05, 0.1) is 17.1 Å². The van der Waals surface area contributed by atoms with Crippen molar-refractivity contribution in [2.45, 2.75) is 24.3 Å². The molecule has 27 heavy (non-hydrogen) atoms. The maximum Gasteiger partial charge on any atom is 0.243 e. The number of aryl methyl sites for hydroxylation is 1. The standard InChI is InChI=1S/C18H23ClN4O3S/c1-21(13-16-9-10-22(2)20-16)18(24)14-7-11-23(12-8-14)27(25,26)17-5-3-15(19)4-6-17/h3-6,9-10,14H,7-8,11-13H2,1-2H3. The maximum absolute atomic E-state index is 12.7. The molecule has 0 spiro atoms. The lowest BCUT2D eigenvalue weighted by Crippen LogP contribution is -2.43. The molecule has 0 radical (unpaired) electrons. The summed E-state index contributed by atoms with van der Waals surface area (Å²) in [7, 11) is 0.0363. The van der Waals surface area contributed by atoms with Crippen LogP contribution in [-0.4, -0.2) is 53.4 Å². The van der Waals surface area contributed by atoms with Crippen LogP contribution in [0.15, 0.2) is 41.4 Å². The summed E-state index contributed by atoms with van der Waals surface area (Å²) in [6, 6.07) is 8.03. The first-order chi connectivity index (χ1) is 12.8. The summed E-state index contributed by atoms with van der Waals surface area (Å²) in [4.78, 5) is 14.6. The molecule has 0 aliphatic carbocycles. The van der Waals surface area contributed by atoms with Crippen LogP contribution < -0.4 is 0 Å². The molecule has 146 valence electrons. The van der Waals surface area contributed by atoms with E-state index in [-0.39, 0.29) is 16.7 Å². The lowest BCUT2D eigenvalue weighted by atomic mass is 9.96. The fourth-order valence-electron chi connectivity index (χ4n) is 3.28. The van der Waals surface area contributed by atoms with E-state index in [0.29, 0.717) is 37.5 Å². The second kappa shape index (κ2) is 8.00. The lowest BCUT2D eigenvalue weighted by Gasteiger charge is -2.32. The first kappa shape index (κ1) is 19.9. The highest BCUT2D eigenvalue weighted by atomic mass is 35.5. The second-order valence-electron chi connectivity index (χ2n) is 6.81. The highest BCUT2D eigenvalue weighted by Gasteiger charge is 2.33. The van der Waals surface area contributed by atoms with Crippen LogP contribution in [-0.2, 0) is 28.4 Å². The number of hydrogen-bond acceptors (Lipinski definition) is 4. The largest absolute Gasteiger partial charge is 0.340 e. The number of hydrogen-bond donors (Lipinski definition) is 0. The Morgan fingerprint density at radius 3 is 2.41 bits per heavy atom. The molecule has 9 heteroatoms. The zero-order valence-electron chi connectivity index (χ0n) is 15.4. The normalized spacial score (nSPS) is 16.4. The summed E-state index contributed by atoms with van der Waals surface area (Å²) in [6.07, 6.45) is 2.87. The third kappa shape index (κ3) is 4.51. The molecule has 0 unspecified atom stereocenters. The van der Waals surface area contributed by atoms with Crippen molar-refractivity contribution < 1.29 is 13.2 Å². The van der Waals surface area contributed by atoms with Gasteiger partial charge in [0.2, 0.25) is 15.9 Å². The van der Waals surface area contributed by atoms with Gasteiger partial charge in [-0.25, -0.2) is 8.42 Å². The topological polar surface area (TPSA) is 75.5 Å². The Balaban J connectivity index is 1.59. The predicted octanol–water partition coefficient (Wildman–Crippen LogP) is 2.13. The molecule has 1 aromatic carbocycles. The van der Waals surface area contributed by atoms with Gasteiger partial charge in [0, 0.05) is 44.3 Å². The third-order valence-electron chi connectivity index (χ3n) is 4.80. The number of sulfonamides is 1. The molecular weight excluding hydrogens is 388 g/mol. The van der Waals surface area contributed by atoms with Gasteiger partial charge >= 0.3 is 0 Å². The third-order valence-corrected chi connectivity index (χ3v) is 6.96. The van der Waals surface area contributed by atoms with Crippen molar-refractivity contribution >= 4 is 27.5 Å². The number of halogens is 1. The van der Waals surface area contributed by atoms with Crippen molar-refractivity contribution in [3.8, 4) is 0 Å². The number of aromatic nitrogens is 2. The van der Waals surface area contributed by atoms with E-state index in [1.165, 1.54) is 16.4 Å².